The Kier molecular flexibility index (Phi) is 9.09. The molecule has 8 nitrogen and oxygen atoms in total. The van der Waals surface area contributed by atoms with Crippen molar-refractivity contribution in [2.24, 2.45) is 5.41 Å². The third kappa shape index (κ3) is 6.78. The minimum atomic E-state index is -4.62. The molecule has 1 N–H and O–H groups in total. The summed E-state index contributed by atoms with van der Waals surface area (Å²) in [6.45, 7) is 11.9. The van der Waals surface area contributed by atoms with E-state index in [0.29, 0.717) is 18.5 Å². The van der Waals surface area contributed by atoms with Crippen molar-refractivity contribution in [3.8, 4) is 16.9 Å². The van der Waals surface area contributed by atoms with E-state index in [-0.39, 0.29) is 52.7 Å². The summed E-state index contributed by atoms with van der Waals surface area (Å²) in [6, 6.07) is 0.695. The van der Waals surface area contributed by atoms with Crippen molar-refractivity contribution in [3.63, 3.8) is 0 Å². The molecule has 0 aliphatic rings. The number of aryl methyl sites for hydroxylation is 1. The first kappa shape index (κ1) is 30.1. The molecule has 2 heterocycles. The largest absolute Gasteiger partial charge is 0.493 e. The van der Waals surface area contributed by atoms with Crippen molar-refractivity contribution < 1.29 is 27.1 Å². The van der Waals surface area contributed by atoms with Crippen LogP contribution in [0.2, 0.25) is 5.15 Å². The lowest BCUT2D eigenvalue weighted by atomic mass is 9.96. The molecule has 0 aliphatic heterocycles. The van der Waals surface area contributed by atoms with Crippen LogP contribution in [0.15, 0.2) is 31.1 Å². The molecule has 0 fully saturated rings. The Morgan fingerprint density at radius 2 is 1.97 bits per heavy atom. The topological polar surface area (TPSA) is 84.6 Å². The van der Waals surface area contributed by atoms with E-state index in [2.05, 4.69) is 27.0 Å². The fraction of sp³-hybridized carbons (Fsp3) is 0.462. The van der Waals surface area contributed by atoms with E-state index in [4.69, 9.17) is 16.3 Å². The second-order valence-corrected chi connectivity index (χ2v) is 10.4. The summed E-state index contributed by atoms with van der Waals surface area (Å²) < 4.78 is 64.0. The van der Waals surface area contributed by atoms with Gasteiger partial charge in [-0.25, -0.2) is 4.39 Å². The highest BCUT2D eigenvalue weighted by Crippen LogP contribution is 2.42. The van der Waals surface area contributed by atoms with Gasteiger partial charge in [-0.1, -0.05) is 38.4 Å². The minimum absolute atomic E-state index is 0.0428. The second kappa shape index (κ2) is 11.8. The van der Waals surface area contributed by atoms with Gasteiger partial charge in [0, 0.05) is 30.1 Å². The zero-order chi connectivity index (χ0) is 29.1. The Morgan fingerprint density at radius 3 is 2.56 bits per heavy atom. The number of halogens is 5. The number of ether oxygens (including phenoxy) is 1. The predicted octanol–water partition coefficient (Wildman–Crippen LogP) is 5.77. The molecule has 0 radical (unpaired) electrons. The number of rotatable bonds is 10. The van der Waals surface area contributed by atoms with Crippen molar-refractivity contribution in [2.45, 2.75) is 53.3 Å². The molecule has 13 heteroatoms. The average Bonchev–Trinajstić information content (AvgIpc) is 3.28. The van der Waals surface area contributed by atoms with E-state index in [9.17, 15) is 18.0 Å². The lowest BCUT2D eigenvalue weighted by Crippen LogP contribution is -2.45. The fourth-order valence-electron chi connectivity index (χ4n) is 3.87. The van der Waals surface area contributed by atoms with Crippen LogP contribution in [0.4, 0.5) is 23.4 Å². The van der Waals surface area contributed by atoms with Gasteiger partial charge in [0.05, 0.1) is 12.2 Å². The third-order valence-corrected chi connectivity index (χ3v) is 6.24. The van der Waals surface area contributed by atoms with E-state index in [0.717, 1.165) is 28.7 Å². The number of nitrogens with zero attached hydrogens (tertiary/aromatic N) is 5. The van der Waals surface area contributed by atoms with Gasteiger partial charge in [0.2, 0.25) is 5.91 Å². The molecule has 0 bridgehead atoms. The molecule has 0 saturated heterocycles. The molecule has 39 heavy (non-hydrogen) atoms. The molecule has 2 aromatic heterocycles. The highest BCUT2D eigenvalue weighted by Gasteiger charge is 2.42. The van der Waals surface area contributed by atoms with E-state index in [1.165, 1.54) is 6.08 Å². The maximum atomic E-state index is 15.6. The molecule has 212 valence electrons. The molecule has 1 aromatic carbocycles. The number of carbonyl (C=O) groups is 1. The highest BCUT2D eigenvalue weighted by atomic mass is 35.5. The van der Waals surface area contributed by atoms with Crippen molar-refractivity contribution in [1.29, 1.82) is 0 Å². The molecular formula is C26H31ClF4N6O2. The van der Waals surface area contributed by atoms with Crippen LogP contribution in [0.1, 0.15) is 39.7 Å². The van der Waals surface area contributed by atoms with E-state index < -0.39 is 23.5 Å². The van der Waals surface area contributed by atoms with Crippen LogP contribution in [0.5, 0.6) is 5.75 Å². The Bertz CT molecular complexity index is 1330. The zero-order valence-corrected chi connectivity index (χ0v) is 23.1. The number of fused-ring (bicyclic) bond motifs is 1. The van der Waals surface area contributed by atoms with Gasteiger partial charge in [0.1, 0.15) is 34.9 Å². The van der Waals surface area contributed by atoms with Crippen molar-refractivity contribution in [3.05, 3.63) is 47.6 Å². The van der Waals surface area contributed by atoms with E-state index in [1.54, 1.807) is 33.8 Å². The Hall–Kier alpha value is -3.41. The molecule has 3 rings (SSSR count). The predicted molar refractivity (Wildman–Crippen MR) is 142 cm³/mol. The van der Waals surface area contributed by atoms with Crippen LogP contribution >= 0.6 is 11.6 Å². The summed E-state index contributed by atoms with van der Waals surface area (Å²) in [7, 11) is 0. The Balaban J connectivity index is 1.99. The number of hydrogen-bond donors (Lipinski definition) is 1. The number of aromatic nitrogens is 4. The van der Waals surface area contributed by atoms with E-state index in [1.807, 2.05) is 0 Å². The Labute approximate surface area is 229 Å². The number of alkyl halides is 3. The molecule has 0 saturated carbocycles. The molecule has 1 amide bonds. The van der Waals surface area contributed by atoms with Crippen LogP contribution in [-0.2, 0) is 4.79 Å². The highest BCUT2D eigenvalue weighted by molar-refractivity contribution is 6.33. The van der Waals surface area contributed by atoms with Gasteiger partial charge in [-0.3, -0.25) is 4.79 Å². The first-order valence-electron chi connectivity index (χ1n) is 12.2. The summed E-state index contributed by atoms with van der Waals surface area (Å²) in [6.07, 6.45) is -1.72. The summed E-state index contributed by atoms with van der Waals surface area (Å²) in [5.41, 5.74) is -0.277. The zero-order valence-electron chi connectivity index (χ0n) is 22.4. The first-order chi connectivity index (χ1) is 18.2. The number of amides is 1. The van der Waals surface area contributed by atoms with Crippen molar-refractivity contribution in [2.75, 3.05) is 24.6 Å². The maximum absolute atomic E-state index is 15.6. The van der Waals surface area contributed by atoms with Gasteiger partial charge >= 0.3 is 6.18 Å². The van der Waals surface area contributed by atoms with Gasteiger partial charge in [0.25, 0.3) is 5.78 Å². The molecule has 3 aromatic rings. The van der Waals surface area contributed by atoms with Crippen LogP contribution in [0.25, 0.3) is 16.9 Å². The SMILES string of the molecule is C=CCN(c1c(-c2c(C)cc(OCCCNC(=O)C(C)(C)C)cc2F)c(Cl)nc2ncnn12)C(C)C(F)(F)F. The summed E-state index contributed by atoms with van der Waals surface area (Å²) in [5, 5.41) is 6.61. The number of nitrogens with one attached hydrogen (secondary N) is 1. The van der Waals surface area contributed by atoms with Crippen LogP contribution in [0, 0.1) is 18.2 Å². The van der Waals surface area contributed by atoms with Crippen LogP contribution in [0.3, 0.4) is 0 Å². The molecule has 0 spiro atoms. The van der Waals surface area contributed by atoms with Crippen molar-refractivity contribution >= 4 is 29.1 Å². The second-order valence-electron chi connectivity index (χ2n) is 10.0. The smallest absolute Gasteiger partial charge is 0.408 e. The van der Waals surface area contributed by atoms with Gasteiger partial charge in [-0.05, 0) is 31.9 Å². The summed E-state index contributed by atoms with van der Waals surface area (Å²) >= 11 is 6.46. The molecule has 0 aliphatic carbocycles. The molecule has 1 unspecified atom stereocenters. The van der Waals surface area contributed by atoms with Gasteiger partial charge in [-0.2, -0.15) is 32.8 Å². The number of benzene rings is 1. The quantitative estimate of drug-likeness (QED) is 0.144. The lowest BCUT2D eigenvalue weighted by Gasteiger charge is -2.33. The molecular weight excluding hydrogens is 540 g/mol. The van der Waals surface area contributed by atoms with Crippen LogP contribution < -0.4 is 15.0 Å². The number of carbonyl (C=O) groups excluding carboxylic acids is 1. The van der Waals surface area contributed by atoms with E-state index >= 15 is 4.39 Å². The van der Waals surface area contributed by atoms with Gasteiger partial charge in [0.15, 0.2) is 0 Å². The first-order valence-corrected chi connectivity index (χ1v) is 12.6. The maximum Gasteiger partial charge on any atom is 0.408 e. The summed E-state index contributed by atoms with van der Waals surface area (Å²) in [5.74, 6) is -0.815. The standard InChI is InChI=1S/C26H31ClF4N6O2/c1-7-10-36(16(3)26(29,30)31)22-20(21(27)35-24-33-14-34-37(22)24)19-15(2)12-17(13-18(19)28)39-11-8-9-32-23(38)25(4,5)6/h7,12-14,16H,1,8-11H2,2-6H3,(H,32,38). The van der Waals surface area contributed by atoms with Crippen molar-refractivity contribution in [1.82, 2.24) is 24.9 Å². The third-order valence-electron chi connectivity index (χ3n) is 5.97. The summed E-state index contributed by atoms with van der Waals surface area (Å²) in [4.78, 5) is 21.0. The van der Waals surface area contributed by atoms with Gasteiger partial charge < -0.3 is 15.0 Å². The van der Waals surface area contributed by atoms with Crippen LogP contribution in [-0.4, -0.2) is 57.4 Å². The minimum Gasteiger partial charge on any atom is -0.493 e. The number of hydrogen-bond acceptors (Lipinski definition) is 6. The normalized spacial score (nSPS) is 12.9. The fourth-order valence-corrected chi connectivity index (χ4v) is 4.12. The number of anilines is 1. The monoisotopic (exact) mass is 570 g/mol. The Morgan fingerprint density at radius 1 is 1.28 bits per heavy atom. The average molecular weight is 571 g/mol. The lowest BCUT2D eigenvalue weighted by molar-refractivity contribution is -0.144. The molecule has 1 atom stereocenters. The van der Waals surface area contributed by atoms with Gasteiger partial charge in [-0.15, -0.1) is 6.58 Å².